The molecule has 0 aliphatic carbocycles. The van der Waals surface area contributed by atoms with Gasteiger partial charge >= 0.3 is 0 Å². The van der Waals surface area contributed by atoms with E-state index < -0.39 is 0 Å². The second-order valence-corrected chi connectivity index (χ2v) is 5.26. The lowest BCUT2D eigenvalue weighted by atomic mass is 10.2. The van der Waals surface area contributed by atoms with Crippen LogP contribution in [0.15, 0.2) is 24.3 Å². The highest BCUT2D eigenvalue weighted by Crippen LogP contribution is 2.15. The summed E-state index contributed by atoms with van der Waals surface area (Å²) in [6.45, 7) is 8.41. The molecule has 0 saturated carbocycles. The van der Waals surface area contributed by atoms with E-state index in [9.17, 15) is 0 Å². The lowest BCUT2D eigenvalue weighted by Gasteiger charge is -2.24. The predicted octanol–water partition coefficient (Wildman–Crippen LogP) is 2.40. The molecule has 0 spiro atoms. The van der Waals surface area contributed by atoms with Crippen LogP contribution >= 0.6 is 0 Å². The Hall–Kier alpha value is -1.06. The summed E-state index contributed by atoms with van der Waals surface area (Å²) in [5, 5.41) is 0. The first-order valence-electron chi connectivity index (χ1n) is 6.06. The van der Waals surface area contributed by atoms with Gasteiger partial charge in [-0.05, 0) is 38.5 Å². The summed E-state index contributed by atoms with van der Waals surface area (Å²) < 4.78 is 5.71. The molecule has 1 aromatic rings. The van der Waals surface area contributed by atoms with Crippen LogP contribution in [-0.2, 0) is 11.3 Å². The van der Waals surface area contributed by atoms with Gasteiger partial charge in [-0.15, -0.1) is 0 Å². The summed E-state index contributed by atoms with van der Waals surface area (Å²) >= 11 is 0. The standard InChI is InChI=1S/C14H24N2O/c1-14(2,3)17-9-8-16(4)13-7-5-6-12(10-13)11-15/h5-7,10H,8-9,11,15H2,1-4H3. The fourth-order valence-corrected chi connectivity index (χ4v) is 1.54. The lowest BCUT2D eigenvalue weighted by molar-refractivity contribution is 0.00168. The number of hydrogen-bond donors (Lipinski definition) is 1. The molecule has 2 N–H and O–H groups in total. The van der Waals surface area contributed by atoms with Crippen molar-refractivity contribution in [1.82, 2.24) is 0 Å². The summed E-state index contributed by atoms with van der Waals surface area (Å²) in [5.41, 5.74) is 7.91. The number of nitrogens with two attached hydrogens (primary N) is 1. The van der Waals surface area contributed by atoms with Crippen LogP contribution in [0.25, 0.3) is 0 Å². The minimum Gasteiger partial charge on any atom is -0.374 e. The van der Waals surface area contributed by atoms with Gasteiger partial charge in [-0.1, -0.05) is 12.1 Å². The molecule has 3 nitrogen and oxygen atoms in total. The summed E-state index contributed by atoms with van der Waals surface area (Å²) in [5.74, 6) is 0. The number of nitrogens with zero attached hydrogens (tertiary/aromatic N) is 1. The fourth-order valence-electron chi connectivity index (χ4n) is 1.54. The average molecular weight is 236 g/mol. The molecule has 1 aromatic carbocycles. The summed E-state index contributed by atoms with van der Waals surface area (Å²) in [6.07, 6.45) is 0. The van der Waals surface area contributed by atoms with Crippen LogP contribution in [0.5, 0.6) is 0 Å². The van der Waals surface area contributed by atoms with Gasteiger partial charge < -0.3 is 15.4 Å². The smallest absolute Gasteiger partial charge is 0.0648 e. The number of benzene rings is 1. The van der Waals surface area contributed by atoms with Gasteiger partial charge in [0.1, 0.15) is 0 Å². The van der Waals surface area contributed by atoms with Crippen molar-refractivity contribution >= 4 is 5.69 Å². The molecule has 0 amide bonds. The molecule has 0 atom stereocenters. The molecule has 0 aliphatic heterocycles. The van der Waals surface area contributed by atoms with Crippen molar-refractivity contribution < 1.29 is 4.74 Å². The Kier molecular flexibility index (Phi) is 4.97. The third-order valence-electron chi connectivity index (χ3n) is 2.55. The molecule has 0 saturated heterocycles. The molecular weight excluding hydrogens is 212 g/mol. The van der Waals surface area contributed by atoms with Gasteiger partial charge in [-0.2, -0.15) is 0 Å². The number of hydrogen-bond acceptors (Lipinski definition) is 3. The molecule has 0 aliphatic rings. The number of anilines is 1. The van der Waals surface area contributed by atoms with E-state index >= 15 is 0 Å². The van der Waals surface area contributed by atoms with Gasteiger partial charge in [0.2, 0.25) is 0 Å². The molecule has 96 valence electrons. The van der Waals surface area contributed by atoms with E-state index in [1.807, 2.05) is 12.1 Å². The zero-order valence-electron chi connectivity index (χ0n) is 11.4. The van der Waals surface area contributed by atoms with Crippen LogP contribution in [-0.4, -0.2) is 25.8 Å². The fraction of sp³-hybridized carbons (Fsp3) is 0.571. The SMILES string of the molecule is CN(CCOC(C)(C)C)c1cccc(CN)c1. The Morgan fingerprint density at radius 1 is 1.29 bits per heavy atom. The van der Waals surface area contributed by atoms with E-state index in [1.165, 1.54) is 5.69 Å². The van der Waals surface area contributed by atoms with Crippen molar-refractivity contribution in [2.75, 3.05) is 25.1 Å². The van der Waals surface area contributed by atoms with E-state index in [2.05, 4.69) is 44.9 Å². The summed E-state index contributed by atoms with van der Waals surface area (Å²) in [6, 6.07) is 8.30. The molecule has 0 radical (unpaired) electrons. The zero-order valence-corrected chi connectivity index (χ0v) is 11.4. The number of likely N-dealkylation sites (N-methyl/N-ethyl adjacent to an activating group) is 1. The van der Waals surface area contributed by atoms with Crippen molar-refractivity contribution in [2.24, 2.45) is 5.73 Å². The van der Waals surface area contributed by atoms with Crippen LogP contribution in [0.1, 0.15) is 26.3 Å². The van der Waals surface area contributed by atoms with Crippen molar-refractivity contribution in [3.8, 4) is 0 Å². The average Bonchev–Trinajstić information content (AvgIpc) is 2.27. The Morgan fingerprint density at radius 2 is 2.00 bits per heavy atom. The number of rotatable bonds is 5. The third-order valence-corrected chi connectivity index (χ3v) is 2.55. The molecule has 0 fully saturated rings. The Bertz CT molecular complexity index is 344. The van der Waals surface area contributed by atoms with E-state index in [1.54, 1.807) is 0 Å². The monoisotopic (exact) mass is 236 g/mol. The van der Waals surface area contributed by atoms with E-state index in [0.717, 1.165) is 18.7 Å². The molecule has 0 heterocycles. The summed E-state index contributed by atoms with van der Waals surface area (Å²) in [4.78, 5) is 2.19. The van der Waals surface area contributed by atoms with Crippen LogP contribution < -0.4 is 10.6 Å². The van der Waals surface area contributed by atoms with Gasteiger partial charge in [-0.3, -0.25) is 0 Å². The normalized spacial score (nSPS) is 11.6. The van der Waals surface area contributed by atoms with Crippen molar-refractivity contribution in [2.45, 2.75) is 32.9 Å². The minimum absolute atomic E-state index is 0.0695. The molecule has 17 heavy (non-hydrogen) atoms. The Balaban J connectivity index is 2.49. The predicted molar refractivity (Wildman–Crippen MR) is 73.3 cm³/mol. The molecule has 0 bridgehead atoms. The molecule has 1 rings (SSSR count). The first kappa shape index (κ1) is 14.0. The maximum atomic E-state index is 5.71. The quantitative estimate of drug-likeness (QED) is 0.853. The molecule has 0 unspecified atom stereocenters. The molecule has 3 heteroatoms. The Morgan fingerprint density at radius 3 is 2.59 bits per heavy atom. The van der Waals surface area contributed by atoms with Gasteiger partial charge in [0.05, 0.1) is 12.2 Å². The van der Waals surface area contributed by atoms with Crippen LogP contribution in [0, 0.1) is 0 Å². The van der Waals surface area contributed by atoms with Crippen molar-refractivity contribution in [3.05, 3.63) is 29.8 Å². The molecular formula is C14H24N2O. The van der Waals surface area contributed by atoms with Gasteiger partial charge in [0.25, 0.3) is 0 Å². The highest BCUT2D eigenvalue weighted by atomic mass is 16.5. The van der Waals surface area contributed by atoms with E-state index in [4.69, 9.17) is 10.5 Å². The largest absolute Gasteiger partial charge is 0.374 e. The van der Waals surface area contributed by atoms with Crippen LogP contribution in [0.4, 0.5) is 5.69 Å². The van der Waals surface area contributed by atoms with Gasteiger partial charge in [0, 0.05) is 25.8 Å². The second-order valence-electron chi connectivity index (χ2n) is 5.26. The van der Waals surface area contributed by atoms with E-state index in [-0.39, 0.29) is 5.60 Å². The van der Waals surface area contributed by atoms with E-state index in [0.29, 0.717) is 6.54 Å². The lowest BCUT2D eigenvalue weighted by Crippen LogP contribution is -2.28. The summed E-state index contributed by atoms with van der Waals surface area (Å²) in [7, 11) is 2.07. The number of ether oxygens (including phenoxy) is 1. The topological polar surface area (TPSA) is 38.5 Å². The Labute approximate surface area is 105 Å². The van der Waals surface area contributed by atoms with Crippen LogP contribution in [0.2, 0.25) is 0 Å². The maximum Gasteiger partial charge on any atom is 0.0648 e. The van der Waals surface area contributed by atoms with Gasteiger partial charge in [-0.25, -0.2) is 0 Å². The first-order valence-corrected chi connectivity index (χ1v) is 6.06. The highest BCUT2D eigenvalue weighted by molar-refractivity contribution is 5.47. The molecule has 0 aromatic heterocycles. The minimum atomic E-state index is -0.0695. The van der Waals surface area contributed by atoms with Crippen molar-refractivity contribution in [1.29, 1.82) is 0 Å². The third kappa shape index (κ3) is 5.20. The second kappa shape index (κ2) is 6.03. The zero-order chi connectivity index (χ0) is 12.9. The highest BCUT2D eigenvalue weighted by Gasteiger charge is 2.10. The van der Waals surface area contributed by atoms with Crippen LogP contribution in [0.3, 0.4) is 0 Å². The maximum absolute atomic E-state index is 5.71. The first-order chi connectivity index (χ1) is 7.92. The van der Waals surface area contributed by atoms with Crippen molar-refractivity contribution in [3.63, 3.8) is 0 Å². The van der Waals surface area contributed by atoms with Gasteiger partial charge in [0.15, 0.2) is 0 Å².